The van der Waals surface area contributed by atoms with Crippen LogP contribution in [-0.4, -0.2) is 41.0 Å². The van der Waals surface area contributed by atoms with Crippen LogP contribution in [0.2, 0.25) is 0 Å². The molecule has 0 bridgehead atoms. The molecule has 1 aromatic heterocycles. The van der Waals surface area contributed by atoms with Gasteiger partial charge < -0.3 is 16.0 Å². The Balaban J connectivity index is 2.26. The molecule has 1 aliphatic heterocycles. The summed E-state index contributed by atoms with van der Waals surface area (Å²) in [6, 6.07) is 0.450. The Morgan fingerprint density at radius 2 is 2.00 bits per heavy atom. The number of hydrogen-bond acceptors (Lipinski definition) is 5. The Hall–Kier alpha value is -1.36. The average Bonchev–Trinajstić information content (AvgIpc) is 2.69. The second kappa shape index (κ2) is 4.96. The van der Waals surface area contributed by atoms with Crippen LogP contribution in [0.4, 0.5) is 11.6 Å². The van der Waals surface area contributed by atoms with E-state index in [1.807, 2.05) is 6.92 Å². The minimum Gasteiger partial charge on any atom is -0.383 e. The lowest BCUT2D eigenvalue weighted by Gasteiger charge is -2.21. The van der Waals surface area contributed by atoms with E-state index in [0.717, 1.165) is 36.7 Å². The molecule has 3 N–H and O–H groups in total. The number of rotatable bonds is 2. The van der Waals surface area contributed by atoms with Crippen LogP contribution in [0.25, 0.3) is 0 Å². The van der Waals surface area contributed by atoms with Crippen LogP contribution in [-0.2, 0) is 5.41 Å². The Kier molecular flexibility index (Phi) is 3.67. The van der Waals surface area contributed by atoms with Gasteiger partial charge in [-0.05, 0) is 26.9 Å². The van der Waals surface area contributed by atoms with Crippen molar-refractivity contribution in [3.8, 4) is 0 Å². The fourth-order valence-electron chi connectivity index (χ4n) is 2.26. The Bertz CT molecular complexity index is 464. The van der Waals surface area contributed by atoms with Gasteiger partial charge in [0, 0.05) is 23.6 Å². The highest BCUT2D eigenvalue weighted by Crippen LogP contribution is 2.25. The van der Waals surface area contributed by atoms with Gasteiger partial charge in [-0.25, -0.2) is 9.97 Å². The van der Waals surface area contributed by atoms with Crippen LogP contribution in [0.3, 0.4) is 0 Å². The number of nitrogens with zero attached hydrogens (tertiary/aromatic N) is 3. The second-order valence-corrected chi connectivity index (χ2v) is 6.55. The van der Waals surface area contributed by atoms with Gasteiger partial charge in [-0.2, -0.15) is 0 Å². The van der Waals surface area contributed by atoms with Crippen LogP contribution in [0.1, 0.15) is 38.6 Å². The molecule has 106 valence electrons. The first-order chi connectivity index (χ1) is 8.77. The summed E-state index contributed by atoms with van der Waals surface area (Å²) in [4.78, 5) is 11.4. The maximum atomic E-state index is 6.02. The number of likely N-dealkylation sites (N-methyl/N-ethyl adjacent to an activating group) is 1. The zero-order valence-corrected chi connectivity index (χ0v) is 12.6. The van der Waals surface area contributed by atoms with Gasteiger partial charge in [0.2, 0.25) is 0 Å². The molecule has 1 fully saturated rings. The molecule has 19 heavy (non-hydrogen) atoms. The maximum Gasteiger partial charge on any atom is 0.138 e. The van der Waals surface area contributed by atoms with Gasteiger partial charge in [0.25, 0.3) is 0 Å². The molecular formula is C14H25N5. The molecule has 2 heterocycles. The number of hydrogen-bond donors (Lipinski definition) is 2. The van der Waals surface area contributed by atoms with Crippen molar-refractivity contribution < 1.29 is 0 Å². The van der Waals surface area contributed by atoms with Gasteiger partial charge in [0.1, 0.15) is 17.5 Å². The van der Waals surface area contributed by atoms with Crippen molar-refractivity contribution in [1.29, 1.82) is 0 Å². The van der Waals surface area contributed by atoms with E-state index in [2.05, 4.69) is 48.0 Å². The van der Waals surface area contributed by atoms with Crippen molar-refractivity contribution in [3.63, 3.8) is 0 Å². The lowest BCUT2D eigenvalue weighted by Crippen LogP contribution is -2.26. The first-order valence-corrected chi connectivity index (χ1v) is 6.87. The van der Waals surface area contributed by atoms with E-state index in [9.17, 15) is 0 Å². The van der Waals surface area contributed by atoms with Gasteiger partial charge in [-0.15, -0.1) is 0 Å². The second-order valence-electron chi connectivity index (χ2n) is 6.55. The zero-order valence-electron chi connectivity index (χ0n) is 12.6. The summed E-state index contributed by atoms with van der Waals surface area (Å²) in [5.74, 6) is 2.26. The van der Waals surface area contributed by atoms with E-state index < -0.39 is 0 Å². The van der Waals surface area contributed by atoms with Gasteiger partial charge in [0.15, 0.2) is 0 Å². The van der Waals surface area contributed by atoms with E-state index in [0.29, 0.717) is 11.9 Å². The smallest absolute Gasteiger partial charge is 0.138 e. The van der Waals surface area contributed by atoms with Crippen molar-refractivity contribution in [1.82, 2.24) is 14.9 Å². The number of anilines is 2. The summed E-state index contributed by atoms with van der Waals surface area (Å²) >= 11 is 0. The van der Waals surface area contributed by atoms with Crippen molar-refractivity contribution in [2.45, 2.75) is 45.6 Å². The third-order valence-corrected chi connectivity index (χ3v) is 3.59. The molecule has 1 unspecified atom stereocenters. The van der Waals surface area contributed by atoms with Crippen molar-refractivity contribution in [2.24, 2.45) is 0 Å². The summed E-state index contributed by atoms with van der Waals surface area (Å²) in [6.07, 6.45) is 1.14. The van der Waals surface area contributed by atoms with Crippen LogP contribution in [0, 0.1) is 6.92 Å². The van der Waals surface area contributed by atoms with Crippen molar-refractivity contribution in [2.75, 3.05) is 31.2 Å². The molecule has 0 amide bonds. The largest absolute Gasteiger partial charge is 0.383 e. The number of nitrogens with one attached hydrogen (secondary N) is 1. The minimum absolute atomic E-state index is 0.0925. The van der Waals surface area contributed by atoms with Crippen LogP contribution < -0.4 is 11.1 Å². The molecule has 1 aromatic rings. The standard InChI is InChI=1S/C14H25N5/c1-9-11(15)17-13(14(2,3)4)18-12(9)16-10-6-7-19(5)8-10/h10H,6-8H2,1-5H3,(H3,15,16,17,18). The van der Waals surface area contributed by atoms with E-state index in [-0.39, 0.29) is 5.41 Å². The minimum atomic E-state index is -0.0925. The summed E-state index contributed by atoms with van der Waals surface area (Å²) < 4.78 is 0. The molecule has 0 spiro atoms. The highest BCUT2D eigenvalue weighted by Gasteiger charge is 2.23. The Morgan fingerprint density at radius 1 is 1.32 bits per heavy atom. The molecule has 0 aromatic carbocycles. The molecule has 0 saturated carbocycles. The molecular weight excluding hydrogens is 238 g/mol. The third kappa shape index (κ3) is 3.15. The monoisotopic (exact) mass is 263 g/mol. The number of nitrogen functional groups attached to an aromatic ring is 1. The lowest BCUT2D eigenvalue weighted by molar-refractivity contribution is 0.414. The number of aromatic nitrogens is 2. The predicted octanol–water partition coefficient (Wildman–Crippen LogP) is 1.78. The Morgan fingerprint density at radius 3 is 2.53 bits per heavy atom. The molecule has 5 nitrogen and oxygen atoms in total. The molecule has 1 atom stereocenters. The molecule has 0 radical (unpaired) electrons. The molecule has 1 aliphatic rings. The SMILES string of the molecule is Cc1c(N)nc(C(C)(C)C)nc1NC1CCN(C)C1. The molecule has 2 rings (SSSR count). The average molecular weight is 263 g/mol. The summed E-state index contributed by atoms with van der Waals surface area (Å²) in [5.41, 5.74) is 6.87. The predicted molar refractivity (Wildman–Crippen MR) is 79.4 cm³/mol. The Labute approximate surface area is 115 Å². The van der Waals surface area contributed by atoms with Gasteiger partial charge >= 0.3 is 0 Å². The highest BCUT2D eigenvalue weighted by molar-refractivity contribution is 5.55. The van der Waals surface area contributed by atoms with E-state index in [1.54, 1.807) is 0 Å². The number of nitrogens with two attached hydrogens (primary N) is 1. The van der Waals surface area contributed by atoms with Crippen LogP contribution in [0.5, 0.6) is 0 Å². The first kappa shape index (κ1) is 14.1. The van der Waals surface area contributed by atoms with E-state index in [4.69, 9.17) is 5.73 Å². The van der Waals surface area contributed by atoms with Crippen molar-refractivity contribution in [3.05, 3.63) is 11.4 Å². The summed E-state index contributed by atoms with van der Waals surface area (Å²) in [6.45, 7) is 10.5. The van der Waals surface area contributed by atoms with Crippen LogP contribution in [0.15, 0.2) is 0 Å². The third-order valence-electron chi connectivity index (χ3n) is 3.59. The lowest BCUT2D eigenvalue weighted by atomic mass is 9.95. The maximum absolute atomic E-state index is 6.02. The summed E-state index contributed by atoms with van der Waals surface area (Å²) in [5, 5.41) is 3.52. The topological polar surface area (TPSA) is 67.1 Å². The molecule has 1 saturated heterocycles. The normalized spacial score (nSPS) is 20.8. The fraction of sp³-hybridized carbons (Fsp3) is 0.714. The van der Waals surface area contributed by atoms with Gasteiger partial charge in [-0.3, -0.25) is 0 Å². The van der Waals surface area contributed by atoms with E-state index in [1.165, 1.54) is 0 Å². The highest BCUT2D eigenvalue weighted by atomic mass is 15.2. The van der Waals surface area contributed by atoms with E-state index >= 15 is 0 Å². The van der Waals surface area contributed by atoms with Gasteiger partial charge in [-0.1, -0.05) is 20.8 Å². The quantitative estimate of drug-likeness (QED) is 0.851. The molecule has 5 heteroatoms. The van der Waals surface area contributed by atoms with Crippen LogP contribution >= 0.6 is 0 Å². The summed E-state index contributed by atoms with van der Waals surface area (Å²) in [7, 11) is 2.14. The van der Waals surface area contributed by atoms with Crippen molar-refractivity contribution >= 4 is 11.6 Å². The fourth-order valence-corrected chi connectivity index (χ4v) is 2.26. The zero-order chi connectivity index (χ0) is 14.2. The van der Waals surface area contributed by atoms with Gasteiger partial charge in [0.05, 0.1) is 0 Å². The number of likely N-dealkylation sites (tertiary alicyclic amines) is 1. The molecule has 0 aliphatic carbocycles. The first-order valence-electron chi connectivity index (χ1n) is 6.87.